The first kappa shape index (κ1) is 27.5. The Morgan fingerprint density at radius 2 is 1.51 bits per heavy atom. The third-order valence-corrected chi connectivity index (χ3v) is 6.37. The molecule has 7 nitrogen and oxygen atoms in total. The minimum absolute atomic E-state index is 0.0239. The molecule has 0 radical (unpaired) electrons. The van der Waals surface area contributed by atoms with Gasteiger partial charge < -0.3 is 19.3 Å². The van der Waals surface area contributed by atoms with Gasteiger partial charge in [-0.2, -0.15) is 0 Å². The van der Waals surface area contributed by atoms with Crippen LogP contribution >= 0.6 is 0 Å². The zero-order valence-corrected chi connectivity index (χ0v) is 22.2. The Labute approximate surface area is 228 Å². The van der Waals surface area contributed by atoms with Crippen molar-refractivity contribution < 1.29 is 28.9 Å². The number of ether oxygens (including phenoxy) is 3. The van der Waals surface area contributed by atoms with Crippen molar-refractivity contribution in [3.05, 3.63) is 102 Å². The monoisotopic (exact) mass is 527 g/mol. The predicted molar refractivity (Wildman–Crippen MR) is 150 cm³/mol. The molecule has 4 rings (SSSR count). The summed E-state index contributed by atoms with van der Waals surface area (Å²) in [6.07, 6.45) is 2.34. The number of carbonyl (C=O) groups is 2. The minimum Gasteiger partial charge on any atom is -0.497 e. The second-order valence-electron chi connectivity index (χ2n) is 9.30. The molecule has 1 unspecified atom stereocenters. The molecule has 0 saturated carbocycles. The van der Waals surface area contributed by atoms with Crippen LogP contribution in [0.5, 0.6) is 17.2 Å². The summed E-state index contributed by atoms with van der Waals surface area (Å²) in [5, 5.41) is 11.3. The van der Waals surface area contributed by atoms with Crippen molar-refractivity contribution >= 4 is 22.8 Å². The molecule has 0 fully saturated rings. The molecule has 1 N–H and O–H groups in total. The summed E-state index contributed by atoms with van der Waals surface area (Å²) in [6.45, 7) is 1.77. The molecule has 0 heterocycles. The summed E-state index contributed by atoms with van der Waals surface area (Å²) >= 11 is 0. The van der Waals surface area contributed by atoms with Crippen LogP contribution in [-0.4, -0.2) is 35.7 Å². The number of unbranched alkanes of at least 4 members (excludes halogenated alkanes) is 1. The molecule has 0 aliphatic carbocycles. The van der Waals surface area contributed by atoms with E-state index in [2.05, 4.69) is 19.1 Å². The van der Waals surface area contributed by atoms with E-state index in [-0.39, 0.29) is 12.6 Å². The Balaban J connectivity index is 1.48. The summed E-state index contributed by atoms with van der Waals surface area (Å²) in [7, 11) is 1.54. The molecule has 7 heteroatoms. The number of benzene rings is 4. The quantitative estimate of drug-likeness (QED) is 0.209. The van der Waals surface area contributed by atoms with E-state index in [4.69, 9.17) is 14.2 Å². The lowest BCUT2D eigenvalue weighted by molar-refractivity contribution is -0.138. The number of hydrogen-bond acceptors (Lipinski definition) is 5. The molecule has 39 heavy (non-hydrogen) atoms. The van der Waals surface area contributed by atoms with Crippen LogP contribution in [0.2, 0.25) is 0 Å². The topological polar surface area (TPSA) is 85.3 Å². The number of carboxylic acid groups (broad SMARTS) is 1. The fourth-order valence-electron chi connectivity index (χ4n) is 4.34. The Morgan fingerprint density at radius 3 is 2.21 bits per heavy atom. The van der Waals surface area contributed by atoms with Crippen molar-refractivity contribution in [1.82, 2.24) is 4.90 Å². The number of nitrogens with zero attached hydrogens (tertiary/aromatic N) is 1. The van der Waals surface area contributed by atoms with Gasteiger partial charge in [0.1, 0.15) is 29.9 Å². The van der Waals surface area contributed by atoms with E-state index in [9.17, 15) is 14.7 Å². The summed E-state index contributed by atoms with van der Waals surface area (Å²) in [5.41, 5.74) is 1.94. The second-order valence-corrected chi connectivity index (χ2v) is 9.30. The van der Waals surface area contributed by atoms with E-state index in [0.717, 1.165) is 51.8 Å². The van der Waals surface area contributed by atoms with E-state index >= 15 is 0 Å². The molecule has 0 aliphatic rings. The summed E-state index contributed by atoms with van der Waals surface area (Å²) in [5.74, 6) is 0.588. The van der Waals surface area contributed by atoms with Gasteiger partial charge in [0, 0.05) is 6.54 Å². The zero-order chi connectivity index (χ0) is 27.6. The highest BCUT2D eigenvalue weighted by atomic mass is 16.6. The molecule has 202 valence electrons. The van der Waals surface area contributed by atoms with Gasteiger partial charge >= 0.3 is 12.1 Å². The van der Waals surface area contributed by atoms with Crippen LogP contribution in [0.3, 0.4) is 0 Å². The van der Waals surface area contributed by atoms with Gasteiger partial charge in [-0.1, -0.05) is 61.9 Å². The maximum Gasteiger partial charge on any atom is 0.416 e. The highest BCUT2D eigenvalue weighted by Gasteiger charge is 2.20. The molecular weight excluding hydrogens is 494 g/mol. The Kier molecular flexibility index (Phi) is 9.40. The van der Waals surface area contributed by atoms with Gasteiger partial charge in [0.05, 0.1) is 7.11 Å². The van der Waals surface area contributed by atoms with Crippen LogP contribution in [0.4, 0.5) is 4.79 Å². The van der Waals surface area contributed by atoms with Crippen LogP contribution in [0.1, 0.15) is 43.4 Å². The van der Waals surface area contributed by atoms with Crippen LogP contribution in [0.15, 0.2) is 91.0 Å². The maximum atomic E-state index is 12.8. The van der Waals surface area contributed by atoms with Crippen molar-refractivity contribution in [2.24, 2.45) is 0 Å². The van der Waals surface area contributed by atoms with Crippen molar-refractivity contribution in [1.29, 1.82) is 0 Å². The highest BCUT2D eigenvalue weighted by Crippen LogP contribution is 2.29. The largest absolute Gasteiger partial charge is 0.497 e. The number of fused-ring (bicyclic) bond motifs is 1. The van der Waals surface area contributed by atoms with Crippen LogP contribution in [-0.2, 0) is 11.3 Å². The maximum absolute atomic E-state index is 12.8. The van der Waals surface area contributed by atoms with Crippen molar-refractivity contribution in [2.75, 3.05) is 13.7 Å². The van der Waals surface area contributed by atoms with E-state index in [1.54, 1.807) is 31.4 Å². The third-order valence-electron chi connectivity index (χ3n) is 6.37. The number of carbonyl (C=O) groups excluding carboxylic acids is 1. The van der Waals surface area contributed by atoms with Gasteiger partial charge in [0.2, 0.25) is 0 Å². The zero-order valence-electron chi connectivity index (χ0n) is 22.2. The smallest absolute Gasteiger partial charge is 0.416 e. The number of hydrogen-bond donors (Lipinski definition) is 1. The summed E-state index contributed by atoms with van der Waals surface area (Å²) in [6, 6.07) is 28.5. The molecule has 0 aromatic heterocycles. The van der Waals surface area contributed by atoms with E-state index in [1.165, 1.54) is 0 Å². The van der Waals surface area contributed by atoms with Gasteiger partial charge in [-0.3, -0.25) is 9.69 Å². The number of amides is 1. The summed E-state index contributed by atoms with van der Waals surface area (Å²) in [4.78, 5) is 25.4. The van der Waals surface area contributed by atoms with Crippen molar-refractivity contribution in [3.8, 4) is 17.2 Å². The first-order valence-corrected chi connectivity index (χ1v) is 13.0. The normalized spacial score (nSPS) is 11.5. The minimum atomic E-state index is -1.12. The first-order valence-electron chi connectivity index (χ1n) is 13.0. The molecule has 4 aromatic rings. The molecular formula is C32H33NO6. The Morgan fingerprint density at radius 1 is 0.846 bits per heavy atom. The predicted octanol–water partition coefficient (Wildman–Crippen LogP) is 7.24. The average Bonchev–Trinajstić information content (AvgIpc) is 2.95. The molecule has 1 atom stereocenters. The fourth-order valence-corrected chi connectivity index (χ4v) is 4.34. The Hall–Kier alpha value is -4.52. The molecule has 4 aromatic carbocycles. The average molecular weight is 528 g/mol. The van der Waals surface area contributed by atoms with Gasteiger partial charge in [-0.15, -0.1) is 0 Å². The number of carboxylic acids is 1. The molecule has 0 aliphatic heterocycles. The third kappa shape index (κ3) is 7.74. The van der Waals surface area contributed by atoms with Crippen LogP contribution in [0, 0.1) is 0 Å². The number of methoxy groups -OCH3 is 1. The molecule has 0 bridgehead atoms. The highest BCUT2D eigenvalue weighted by molar-refractivity contribution is 5.85. The fraction of sp³-hybridized carbons (Fsp3) is 0.250. The van der Waals surface area contributed by atoms with Gasteiger partial charge in [0.25, 0.3) is 0 Å². The van der Waals surface area contributed by atoms with Crippen molar-refractivity contribution in [2.45, 2.75) is 38.8 Å². The van der Waals surface area contributed by atoms with Gasteiger partial charge in [0.15, 0.2) is 0 Å². The first-order chi connectivity index (χ1) is 18.9. The molecule has 1 amide bonds. The van der Waals surface area contributed by atoms with Crippen LogP contribution < -0.4 is 14.2 Å². The van der Waals surface area contributed by atoms with E-state index in [0.29, 0.717) is 11.5 Å². The van der Waals surface area contributed by atoms with E-state index in [1.807, 2.05) is 54.6 Å². The molecule has 0 spiro atoms. The standard InChI is InChI=1S/C32H33NO6/c1-3-4-10-30(24-8-6-5-7-9-24)38-29-14-13-25-19-23(11-12-26(25)20-29)21-33(22-31(34)35)32(36)39-28-17-15-27(37-2)16-18-28/h5-9,11-20,30H,3-4,10,21-22H2,1-2H3,(H,34,35). The van der Waals surface area contributed by atoms with Crippen molar-refractivity contribution in [3.63, 3.8) is 0 Å². The van der Waals surface area contributed by atoms with Gasteiger partial charge in [-0.25, -0.2) is 4.79 Å². The lowest BCUT2D eigenvalue weighted by Crippen LogP contribution is -2.37. The van der Waals surface area contributed by atoms with Crippen LogP contribution in [0.25, 0.3) is 10.8 Å². The SMILES string of the molecule is CCCCC(Oc1ccc2cc(CN(CC(=O)O)C(=O)Oc3ccc(OC)cc3)ccc2c1)c1ccccc1. The number of rotatable bonds is 12. The lowest BCUT2D eigenvalue weighted by Gasteiger charge is -2.21. The number of aliphatic carboxylic acids is 1. The van der Waals surface area contributed by atoms with E-state index < -0.39 is 18.6 Å². The lowest BCUT2D eigenvalue weighted by atomic mass is 10.0. The Bertz CT molecular complexity index is 1390. The molecule has 0 saturated heterocycles. The van der Waals surface area contributed by atoms with Gasteiger partial charge in [-0.05, 0) is 77.2 Å². The summed E-state index contributed by atoms with van der Waals surface area (Å²) < 4.78 is 16.9. The second kappa shape index (κ2) is 13.3.